The number of hydrogen-bond donors (Lipinski definition) is 1. The fraction of sp³-hybridized carbons (Fsp3) is 0.800. The van der Waals surface area contributed by atoms with E-state index in [-0.39, 0.29) is 16.0 Å². The Morgan fingerprint density at radius 2 is 1.87 bits per heavy atom. The second kappa shape index (κ2) is 5.02. The van der Waals surface area contributed by atoms with E-state index in [0.29, 0.717) is 0 Å². The van der Waals surface area contributed by atoms with Gasteiger partial charge in [0.15, 0.2) is 0 Å². The molecule has 0 heterocycles. The predicted octanol–water partition coefficient (Wildman–Crippen LogP) is 2.46. The molecular weight excluding hydrogens is 239 g/mol. The van der Waals surface area contributed by atoms with E-state index >= 15 is 0 Å². The monoisotopic (exact) mass is 254 g/mol. The largest absolute Gasteiger partial charge is 0.387 e. The summed E-state index contributed by atoms with van der Waals surface area (Å²) in [7, 11) is 2.99. The van der Waals surface area contributed by atoms with Gasteiger partial charge in [0.05, 0.1) is 16.2 Å². The van der Waals surface area contributed by atoms with E-state index in [1.807, 2.05) is 6.92 Å². The minimum Gasteiger partial charge on any atom is -0.387 e. The predicted molar refractivity (Wildman–Crippen MR) is 59.9 cm³/mol. The van der Waals surface area contributed by atoms with Gasteiger partial charge in [-0.2, -0.15) is 0 Å². The van der Waals surface area contributed by atoms with E-state index in [1.165, 1.54) is 14.2 Å². The number of aliphatic hydroxyl groups is 1. The molecule has 0 saturated heterocycles. The minimum absolute atomic E-state index is 0.221. The van der Waals surface area contributed by atoms with Crippen molar-refractivity contribution in [2.45, 2.75) is 31.7 Å². The number of aliphatic hydroxyl groups excluding tert-OH is 1. The van der Waals surface area contributed by atoms with Gasteiger partial charge in [0.2, 0.25) is 5.79 Å². The zero-order valence-electron chi connectivity index (χ0n) is 9.09. The first-order chi connectivity index (χ1) is 7.05. The molecule has 1 rings (SSSR count). The average molecular weight is 255 g/mol. The Bertz CT molecular complexity index is 261. The van der Waals surface area contributed by atoms with Crippen molar-refractivity contribution in [2.75, 3.05) is 14.2 Å². The highest BCUT2D eigenvalue weighted by Gasteiger charge is 2.53. The number of halogens is 2. The van der Waals surface area contributed by atoms with Gasteiger partial charge in [0.25, 0.3) is 0 Å². The van der Waals surface area contributed by atoms with Crippen molar-refractivity contribution in [1.29, 1.82) is 0 Å². The van der Waals surface area contributed by atoms with Gasteiger partial charge >= 0.3 is 0 Å². The van der Waals surface area contributed by atoms with Gasteiger partial charge in [-0.1, -0.05) is 36.5 Å². The van der Waals surface area contributed by atoms with Gasteiger partial charge in [-0.15, -0.1) is 0 Å². The summed E-state index contributed by atoms with van der Waals surface area (Å²) in [6.45, 7) is 2.02. The molecule has 0 fully saturated rings. The fourth-order valence-corrected chi connectivity index (χ4v) is 2.76. The summed E-state index contributed by atoms with van der Waals surface area (Å²) in [6, 6.07) is 0. The molecule has 3 nitrogen and oxygen atoms in total. The molecule has 1 N–H and O–H groups in total. The molecule has 0 radical (unpaired) electrons. The Morgan fingerprint density at radius 1 is 1.33 bits per heavy atom. The van der Waals surface area contributed by atoms with Crippen LogP contribution in [0.3, 0.4) is 0 Å². The molecule has 2 atom stereocenters. The highest BCUT2D eigenvalue weighted by atomic mass is 35.5. The maximum atomic E-state index is 9.92. The molecule has 0 aromatic carbocycles. The molecule has 0 saturated carbocycles. The van der Waals surface area contributed by atoms with Crippen LogP contribution in [0, 0.1) is 5.92 Å². The van der Waals surface area contributed by atoms with Gasteiger partial charge in [0, 0.05) is 20.1 Å². The van der Waals surface area contributed by atoms with Crippen molar-refractivity contribution in [1.82, 2.24) is 0 Å². The Kier molecular flexibility index (Phi) is 4.44. The van der Waals surface area contributed by atoms with E-state index in [1.54, 1.807) is 0 Å². The molecule has 2 unspecified atom stereocenters. The summed E-state index contributed by atoms with van der Waals surface area (Å²) in [5, 5.41) is 10.4. The summed E-state index contributed by atoms with van der Waals surface area (Å²) < 4.78 is 10.6. The summed E-state index contributed by atoms with van der Waals surface area (Å²) in [6.07, 6.45) is 0.818. The summed E-state index contributed by atoms with van der Waals surface area (Å²) >= 11 is 12.0. The van der Waals surface area contributed by atoms with Crippen LogP contribution in [-0.2, 0) is 9.47 Å². The van der Waals surface area contributed by atoms with Gasteiger partial charge in [-0.25, -0.2) is 0 Å². The van der Waals surface area contributed by atoms with Crippen LogP contribution in [-0.4, -0.2) is 31.2 Å². The van der Waals surface area contributed by atoms with Crippen LogP contribution in [0.5, 0.6) is 0 Å². The SMILES string of the molecule is CCCC1C(O)C(Cl)=C(Cl)C1(OC)OC. The first kappa shape index (κ1) is 13.3. The molecule has 1 aliphatic carbocycles. The van der Waals surface area contributed by atoms with Crippen LogP contribution in [0.4, 0.5) is 0 Å². The van der Waals surface area contributed by atoms with Crippen LogP contribution >= 0.6 is 23.2 Å². The van der Waals surface area contributed by atoms with Crippen LogP contribution in [0.2, 0.25) is 0 Å². The van der Waals surface area contributed by atoms with E-state index in [2.05, 4.69) is 0 Å². The number of hydrogen-bond acceptors (Lipinski definition) is 3. The molecule has 1 aliphatic rings. The van der Waals surface area contributed by atoms with Crippen LogP contribution < -0.4 is 0 Å². The van der Waals surface area contributed by atoms with Gasteiger partial charge in [0.1, 0.15) is 0 Å². The van der Waals surface area contributed by atoms with E-state index in [9.17, 15) is 5.11 Å². The molecule has 15 heavy (non-hydrogen) atoms. The Labute approximate surface area is 100.0 Å². The third-order valence-electron chi connectivity index (χ3n) is 2.85. The molecule has 0 bridgehead atoms. The zero-order valence-corrected chi connectivity index (χ0v) is 10.6. The number of rotatable bonds is 4. The molecule has 5 heteroatoms. The first-order valence-electron chi connectivity index (χ1n) is 4.89. The Hall–Kier alpha value is 0.200. The maximum absolute atomic E-state index is 9.92. The normalized spacial score (nSPS) is 30.0. The maximum Gasteiger partial charge on any atom is 0.212 e. The van der Waals surface area contributed by atoms with Crippen molar-refractivity contribution < 1.29 is 14.6 Å². The number of ether oxygens (including phenoxy) is 2. The van der Waals surface area contributed by atoms with Crippen LogP contribution in [0.15, 0.2) is 10.1 Å². The van der Waals surface area contributed by atoms with Crippen molar-refractivity contribution in [3.05, 3.63) is 10.1 Å². The van der Waals surface area contributed by atoms with E-state index < -0.39 is 11.9 Å². The van der Waals surface area contributed by atoms with Crippen molar-refractivity contribution in [3.8, 4) is 0 Å². The number of methoxy groups -OCH3 is 2. The lowest BCUT2D eigenvalue weighted by atomic mass is 9.94. The average Bonchev–Trinajstić information content (AvgIpc) is 2.43. The Morgan fingerprint density at radius 3 is 2.27 bits per heavy atom. The van der Waals surface area contributed by atoms with Gasteiger partial charge < -0.3 is 14.6 Å². The molecule has 0 amide bonds. The molecule has 0 spiro atoms. The molecule has 0 aromatic heterocycles. The molecular formula is C10H16Cl2O3. The van der Waals surface area contributed by atoms with Crippen molar-refractivity contribution in [3.63, 3.8) is 0 Å². The Balaban J connectivity index is 3.08. The third-order valence-corrected chi connectivity index (χ3v) is 3.83. The second-order valence-corrected chi connectivity index (χ2v) is 4.36. The standard InChI is InChI=1S/C10H16Cl2O3/c1-4-5-6-8(13)7(11)9(12)10(6,14-2)15-3/h6,8,13H,4-5H2,1-3H3. The topological polar surface area (TPSA) is 38.7 Å². The summed E-state index contributed by atoms with van der Waals surface area (Å²) in [5.74, 6) is -1.34. The fourth-order valence-electron chi connectivity index (χ4n) is 2.07. The minimum atomic E-state index is -1.09. The summed E-state index contributed by atoms with van der Waals surface area (Å²) in [5.41, 5.74) is 0. The zero-order chi connectivity index (χ0) is 11.6. The smallest absolute Gasteiger partial charge is 0.212 e. The highest BCUT2D eigenvalue weighted by Crippen LogP contribution is 2.48. The molecule has 88 valence electrons. The molecule has 0 aliphatic heterocycles. The van der Waals surface area contributed by atoms with Crippen LogP contribution in [0.1, 0.15) is 19.8 Å². The highest BCUT2D eigenvalue weighted by molar-refractivity contribution is 6.40. The first-order valence-corrected chi connectivity index (χ1v) is 5.64. The second-order valence-electron chi connectivity index (χ2n) is 3.58. The van der Waals surface area contributed by atoms with Crippen molar-refractivity contribution >= 4 is 23.2 Å². The van der Waals surface area contributed by atoms with Gasteiger partial charge in [-0.05, 0) is 6.42 Å². The summed E-state index contributed by atoms with van der Waals surface area (Å²) in [4.78, 5) is 0. The molecule has 0 aromatic rings. The van der Waals surface area contributed by atoms with Crippen LogP contribution in [0.25, 0.3) is 0 Å². The lowest BCUT2D eigenvalue weighted by molar-refractivity contribution is -0.214. The van der Waals surface area contributed by atoms with E-state index in [4.69, 9.17) is 32.7 Å². The third kappa shape index (κ3) is 1.92. The lowest BCUT2D eigenvalue weighted by Gasteiger charge is -2.34. The van der Waals surface area contributed by atoms with Gasteiger partial charge in [-0.3, -0.25) is 0 Å². The quantitative estimate of drug-likeness (QED) is 0.784. The van der Waals surface area contributed by atoms with Crippen molar-refractivity contribution in [2.24, 2.45) is 5.92 Å². The lowest BCUT2D eigenvalue weighted by Crippen LogP contribution is -2.43. The van der Waals surface area contributed by atoms with E-state index in [0.717, 1.165) is 12.8 Å².